The van der Waals surface area contributed by atoms with E-state index in [1.54, 1.807) is 20.8 Å². The van der Waals surface area contributed by atoms with E-state index < -0.39 is 47.6 Å². The molecule has 0 aliphatic carbocycles. The number of hydrogen-bond donors (Lipinski definition) is 1. The maximum Gasteiger partial charge on any atom is 0.416 e. The van der Waals surface area contributed by atoms with Gasteiger partial charge in [-0.15, -0.1) is 0 Å². The number of carbonyl (C=O) groups excluding carboxylic acids is 3. The van der Waals surface area contributed by atoms with E-state index in [2.05, 4.69) is 10.1 Å². The molecule has 0 aliphatic heterocycles. The average Bonchev–Trinajstić information content (AvgIpc) is 2.50. The predicted molar refractivity (Wildman–Crippen MR) is 85.2 cm³/mol. The Morgan fingerprint density at radius 2 is 1.62 bits per heavy atom. The highest BCUT2D eigenvalue weighted by Crippen LogP contribution is 2.29. The van der Waals surface area contributed by atoms with Crippen LogP contribution in [0.1, 0.15) is 43.1 Å². The van der Waals surface area contributed by atoms with Crippen molar-refractivity contribution < 1.29 is 37.0 Å². The van der Waals surface area contributed by atoms with E-state index in [4.69, 9.17) is 4.74 Å². The second kappa shape index (κ2) is 8.20. The second-order valence-corrected chi connectivity index (χ2v) is 6.41. The van der Waals surface area contributed by atoms with Gasteiger partial charge in [0.1, 0.15) is 11.6 Å². The van der Waals surface area contributed by atoms with Crippen LogP contribution < -0.4 is 5.32 Å². The van der Waals surface area contributed by atoms with Gasteiger partial charge >= 0.3 is 18.1 Å². The molecule has 144 valence electrons. The molecule has 0 fully saturated rings. The molecule has 6 nitrogen and oxygen atoms in total. The quantitative estimate of drug-likeness (QED) is 0.801. The zero-order valence-corrected chi connectivity index (χ0v) is 14.8. The van der Waals surface area contributed by atoms with E-state index in [-0.39, 0.29) is 5.56 Å². The number of alkyl halides is 3. The van der Waals surface area contributed by atoms with Gasteiger partial charge in [-0.2, -0.15) is 13.2 Å². The minimum absolute atomic E-state index is 0.101. The molecule has 1 aromatic carbocycles. The van der Waals surface area contributed by atoms with Crippen molar-refractivity contribution in [3.05, 3.63) is 35.4 Å². The highest BCUT2D eigenvalue weighted by atomic mass is 19.4. The number of carbonyl (C=O) groups is 3. The molecule has 0 heterocycles. The SMILES string of the molecule is COC(=O)[C@@H](CC(=O)OC(C)(C)C)NC(=O)c1ccc(C(F)(F)F)cc1. The molecule has 1 N–H and O–H groups in total. The Balaban J connectivity index is 2.86. The summed E-state index contributed by atoms with van der Waals surface area (Å²) in [6.45, 7) is 4.91. The van der Waals surface area contributed by atoms with Crippen LogP contribution in [0.2, 0.25) is 0 Å². The van der Waals surface area contributed by atoms with Crippen molar-refractivity contribution in [1.82, 2.24) is 5.32 Å². The van der Waals surface area contributed by atoms with Gasteiger partial charge in [0.2, 0.25) is 0 Å². The third-order valence-electron chi connectivity index (χ3n) is 3.06. The number of ether oxygens (including phenoxy) is 2. The number of methoxy groups -OCH3 is 1. The number of hydrogen-bond acceptors (Lipinski definition) is 5. The largest absolute Gasteiger partial charge is 0.467 e. The van der Waals surface area contributed by atoms with Crippen LogP contribution in [0.5, 0.6) is 0 Å². The van der Waals surface area contributed by atoms with Gasteiger partial charge in [0.25, 0.3) is 5.91 Å². The van der Waals surface area contributed by atoms with E-state index in [0.29, 0.717) is 0 Å². The van der Waals surface area contributed by atoms with Crippen molar-refractivity contribution >= 4 is 17.8 Å². The maximum atomic E-state index is 12.5. The number of nitrogens with one attached hydrogen (secondary N) is 1. The first-order valence-electron chi connectivity index (χ1n) is 7.61. The Morgan fingerprint density at radius 1 is 1.08 bits per heavy atom. The summed E-state index contributed by atoms with van der Waals surface area (Å²) in [6, 6.07) is 2.11. The van der Waals surface area contributed by atoms with Gasteiger partial charge in [-0.1, -0.05) is 0 Å². The Morgan fingerprint density at radius 3 is 2.04 bits per heavy atom. The summed E-state index contributed by atoms with van der Waals surface area (Å²) in [5.74, 6) is -2.44. The van der Waals surface area contributed by atoms with Crippen LogP contribution in [-0.2, 0) is 25.2 Å². The van der Waals surface area contributed by atoms with Crippen molar-refractivity contribution in [2.24, 2.45) is 0 Å². The van der Waals surface area contributed by atoms with E-state index in [1.165, 1.54) is 0 Å². The van der Waals surface area contributed by atoms with Crippen molar-refractivity contribution in [2.75, 3.05) is 7.11 Å². The lowest BCUT2D eigenvalue weighted by Crippen LogP contribution is -2.43. The summed E-state index contributed by atoms with van der Waals surface area (Å²) >= 11 is 0. The molecule has 0 spiro atoms. The lowest BCUT2D eigenvalue weighted by Gasteiger charge is -2.22. The molecule has 0 unspecified atom stereocenters. The lowest BCUT2D eigenvalue weighted by molar-refractivity contribution is -0.158. The van der Waals surface area contributed by atoms with Crippen molar-refractivity contribution in [3.63, 3.8) is 0 Å². The average molecular weight is 375 g/mol. The molecule has 0 saturated heterocycles. The molecular formula is C17H20F3NO5. The number of esters is 2. The van der Waals surface area contributed by atoms with Gasteiger partial charge in [0.05, 0.1) is 19.1 Å². The van der Waals surface area contributed by atoms with Crippen molar-refractivity contribution in [3.8, 4) is 0 Å². The normalized spacial score (nSPS) is 12.9. The molecule has 1 rings (SSSR count). The Hall–Kier alpha value is -2.58. The predicted octanol–water partition coefficient (Wildman–Crippen LogP) is 2.71. The molecule has 0 aromatic heterocycles. The van der Waals surface area contributed by atoms with E-state index >= 15 is 0 Å². The summed E-state index contributed by atoms with van der Waals surface area (Å²) in [7, 11) is 1.08. The lowest BCUT2D eigenvalue weighted by atomic mass is 10.1. The Bertz CT molecular complexity index is 662. The highest BCUT2D eigenvalue weighted by Gasteiger charge is 2.31. The van der Waals surface area contributed by atoms with Crippen LogP contribution in [0.4, 0.5) is 13.2 Å². The van der Waals surface area contributed by atoms with Gasteiger partial charge < -0.3 is 14.8 Å². The number of amides is 1. The molecule has 0 radical (unpaired) electrons. The molecule has 1 aromatic rings. The first-order valence-corrected chi connectivity index (χ1v) is 7.61. The van der Waals surface area contributed by atoms with Gasteiger partial charge in [-0.25, -0.2) is 4.79 Å². The van der Waals surface area contributed by atoms with Crippen LogP contribution in [0.25, 0.3) is 0 Å². The minimum Gasteiger partial charge on any atom is -0.467 e. The highest BCUT2D eigenvalue weighted by molar-refractivity contribution is 5.97. The molecule has 1 amide bonds. The van der Waals surface area contributed by atoms with Crippen LogP contribution in [0, 0.1) is 0 Å². The van der Waals surface area contributed by atoms with E-state index in [9.17, 15) is 27.6 Å². The molecule has 1 atom stereocenters. The fourth-order valence-corrected chi connectivity index (χ4v) is 1.94. The monoisotopic (exact) mass is 375 g/mol. The standard InChI is InChI=1S/C17H20F3NO5/c1-16(2,3)26-13(22)9-12(15(24)25-4)21-14(23)10-5-7-11(8-6-10)17(18,19)20/h5-8,12H,9H2,1-4H3,(H,21,23)/t12-/m1/s1. The van der Waals surface area contributed by atoms with E-state index in [1.807, 2.05) is 0 Å². The summed E-state index contributed by atoms with van der Waals surface area (Å²) in [6.07, 6.45) is -5.00. The number of benzene rings is 1. The van der Waals surface area contributed by atoms with Crippen LogP contribution >= 0.6 is 0 Å². The molecular weight excluding hydrogens is 355 g/mol. The smallest absolute Gasteiger partial charge is 0.416 e. The molecule has 0 aliphatic rings. The molecule has 0 bridgehead atoms. The zero-order valence-electron chi connectivity index (χ0n) is 14.8. The zero-order chi connectivity index (χ0) is 20.1. The molecule has 9 heteroatoms. The minimum atomic E-state index is -4.53. The first-order chi connectivity index (χ1) is 11.8. The van der Waals surface area contributed by atoms with Crippen molar-refractivity contribution in [1.29, 1.82) is 0 Å². The van der Waals surface area contributed by atoms with Crippen LogP contribution in [0.3, 0.4) is 0 Å². The fraction of sp³-hybridized carbons (Fsp3) is 0.471. The Labute approximate surface area is 148 Å². The molecule has 0 saturated carbocycles. The summed E-state index contributed by atoms with van der Waals surface area (Å²) < 4.78 is 47.3. The first kappa shape index (κ1) is 21.5. The number of halogens is 3. The summed E-state index contributed by atoms with van der Waals surface area (Å²) in [5, 5.41) is 2.26. The summed E-state index contributed by atoms with van der Waals surface area (Å²) in [5.41, 5.74) is -1.79. The maximum absolute atomic E-state index is 12.5. The van der Waals surface area contributed by atoms with Gasteiger partial charge in [0, 0.05) is 5.56 Å². The third-order valence-corrected chi connectivity index (χ3v) is 3.06. The van der Waals surface area contributed by atoms with Crippen molar-refractivity contribution in [2.45, 2.75) is 45.0 Å². The second-order valence-electron chi connectivity index (χ2n) is 6.41. The summed E-state index contributed by atoms with van der Waals surface area (Å²) in [4.78, 5) is 35.8. The third kappa shape index (κ3) is 6.73. The van der Waals surface area contributed by atoms with Gasteiger partial charge in [-0.3, -0.25) is 9.59 Å². The van der Waals surface area contributed by atoms with Crippen LogP contribution in [0.15, 0.2) is 24.3 Å². The van der Waals surface area contributed by atoms with Crippen LogP contribution in [-0.4, -0.2) is 36.6 Å². The van der Waals surface area contributed by atoms with E-state index in [0.717, 1.165) is 31.4 Å². The topological polar surface area (TPSA) is 81.7 Å². The fourth-order valence-electron chi connectivity index (χ4n) is 1.94. The Kier molecular flexibility index (Phi) is 6.77. The molecule has 26 heavy (non-hydrogen) atoms. The van der Waals surface area contributed by atoms with Gasteiger partial charge in [-0.05, 0) is 45.0 Å². The van der Waals surface area contributed by atoms with Gasteiger partial charge in [0.15, 0.2) is 0 Å². The number of rotatable bonds is 5.